The molecule has 76 valence electrons. The summed E-state index contributed by atoms with van der Waals surface area (Å²) in [6, 6.07) is 5.94. The zero-order valence-electron chi connectivity index (χ0n) is 8.02. The Labute approximate surface area is 107 Å². The van der Waals surface area contributed by atoms with Crippen LogP contribution in [0.25, 0.3) is 0 Å². The number of carbonyl (C=O) groups excluding carboxylic acids is 1. The Kier molecular flexibility index (Phi) is 5.09. The van der Waals surface area contributed by atoms with Crippen LogP contribution in [0.3, 0.4) is 0 Å². The first-order chi connectivity index (χ1) is 6.69. The predicted octanol–water partition coefficient (Wildman–Crippen LogP) is 3.82. The lowest BCUT2D eigenvalue weighted by Gasteiger charge is -2.04. The lowest BCUT2D eigenvalue weighted by molar-refractivity contribution is 0.0990. The van der Waals surface area contributed by atoms with E-state index in [0.29, 0.717) is 6.42 Å². The lowest BCUT2D eigenvalue weighted by atomic mass is 10.1. The third-order valence-corrected chi connectivity index (χ3v) is 3.48. The molecule has 0 aromatic heterocycles. The minimum Gasteiger partial charge on any atom is -0.294 e. The average molecular weight is 367 g/mol. The lowest BCUT2D eigenvalue weighted by Crippen LogP contribution is -2.01. The summed E-state index contributed by atoms with van der Waals surface area (Å²) in [5.74, 6) is 0.211. The predicted molar refractivity (Wildman–Crippen MR) is 71.3 cm³/mol. The van der Waals surface area contributed by atoms with Gasteiger partial charge in [-0.3, -0.25) is 4.79 Å². The van der Waals surface area contributed by atoms with Crippen molar-refractivity contribution in [1.82, 2.24) is 0 Å². The molecule has 14 heavy (non-hydrogen) atoms. The Morgan fingerprint density at radius 3 is 2.71 bits per heavy atom. The number of Topliss-reactive ketones (excluding diaryl/α,β-unsaturated/α-hetero) is 1. The van der Waals surface area contributed by atoms with E-state index in [4.69, 9.17) is 0 Å². The van der Waals surface area contributed by atoms with Crippen molar-refractivity contribution in [3.8, 4) is 0 Å². The number of hydrogen-bond donors (Lipinski definition) is 0. The molecule has 0 saturated heterocycles. The van der Waals surface area contributed by atoms with Gasteiger partial charge in [-0.25, -0.2) is 0 Å². The molecule has 1 aromatic rings. The largest absolute Gasteiger partial charge is 0.294 e. The molecule has 0 spiro atoms. The van der Waals surface area contributed by atoms with E-state index in [2.05, 4.69) is 45.4 Å². The smallest absolute Gasteiger partial charge is 0.163 e. The van der Waals surface area contributed by atoms with Gasteiger partial charge in [0.25, 0.3) is 0 Å². The summed E-state index contributed by atoms with van der Waals surface area (Å²) in [6.45, 7) is 2.12. The van der Waals surface area contributed by atoms with E-state index < -0.39 is 0 Å². The Morgan fingerprint density at radius 2 is 2.21 bits per heavy atom. The van der Waals surface area contributed by atoms with Gasteiger partial charge in [-0.05, 0) is 40.6 Å². The Bertz CT molecular complexity index is 336. The molecule has 1 rings (SSSR count). The summed E-state index contributed by atoms with van der Waals surface area (Å²) in [6.07, 6.45) is 1.59. The highest BCUT2D eigenvalue weighted by atomic mass is 127. The van der Waals surface area contributed by atoms with Crippen LogP contribution in [0.5, 0.6) is 0 Å². The van der Waals surface area contributed by atoms with Crippen LogP contribution in [-0.4, -0.2) is 11.1 Å². The van der Waals surface area contributed by atoms with Crippen molar-refractivity contribution in [1.29, 1.82) is 0 Å². The summed E-state index contributed by atoms with van der Waals surface area (Å²) in [5.41, 5.74) is 2.13. The van der Waals surface area contributed by atoms with Crippen LogP contribution in [0.1, 0.15) is 29.3 Å². The Morgan fingerprint density at radius 1 is 1.50 bits per heavy atom. The number of benzene rings is 1. The summed E-state index contributed by atoms with van der Waals surface area (Å²) in [7, 11) is 0. The molecule has 0 unspecified atom stereocenters. The van der Waals surface area contributed by atoms with Crippen molar-refractivity contribution in [2.24, 2.45) is 0 Å². The quantitative estimate of drug-likeness (QED) is 0.449. The van der Waals surface area contributed by atoms with Crippen LogP contribution in [0.2, 0.25) is 0 Å². The molecular formula is C11H12BrIO. The van der Waals surface area contributed by atoms with Crippen molar-refractivity contribution in [3.05, 3.63) is 32.9 Å². The fraction of sp³-hybridized carbons (Fsp3) is 0.364. The SMILES string of the molecule is CCc1ccc(C(=O)CCBr)cc1I. The maximum atomic E-state index is 11.6. The van der Waals surface area contributed by atoms with Gasteiger partial charge in [0, 0.05) is 20.9 Å². The van der Waals surface area contributed by atoms with Crippen molar-refractivity contribution in [3.63, 3.8) is 0 Å². The molecule has 3 heteroatoms. The van der Waals surface area contributed by atoms with Crippen LogP contribution >= 0.6 is 38.5 Å². The van der Waals surface area contributed by atoms with Crippen molar-refractivity contribution in [2.45, 2.75) is 19.8 Å². The van der Waals surface area contributed by atoms with Gasteiger partial charge in [-0.1, -0.05) is 35.0 Å². The number of halogens is 2. The number of hydrogen-bond acceptors (Lipinski definition) is 1. The molecule has 0 aliphatic rings. The molecule has 0 aliphatic carbocycles. The van der Waals surface area contributed by atoms with Crippen molar-refractivity contribution in [2.75, 3.05) is 5.33 Å². The first-order valence-corrected chi connectivity index (χ1v) is 6.76. The first-order valence-electron chi connectivity index (χ1n) is 4.56. The van der Waals surface area contributed by atoms with E-state index in [-0.39, 0.29) is 5.78 Å². The van der Waals surface area contributed by atoms with E-state index in [0.717, 1.165) is 17.3 Å². The molecule has 0 saturated carbocycles. The third-order valence-electron chi connectivity index (χ3n) is 2.08. The molecule has 0 bridgehead atoms. The molecule has 0 N–H and O–H groups in total. The Balaban J connectivity index is 2.91. The van der Waals surface area contributed by atoms with Crippen LogP contribution in [0, 0.1) is 3.57 Å². The van der Waals surface area contributed by atoms with E-state index in [1.54, 1.807) is 0 Å². The molecule has 0 aliphatic heterocycles. The maximum absolute atomic E-state index is 11.6. The Hall–Kier alpha value is 0.1000. The van der Waals surface area contributed by atoms with Crippen LogP contribution < -0.4 is 0 Å². The van der Waals surface area contributed by atoms with Gasteiger partial charge in [0.05, 0.1) is 0 Å². The zero-order chi connectivity index (χ0) is 10.6. The number of rotatable bonds is 4. The van der Waals surface area contributed by atoms with Gasteiger partial charge in [0.15, 0.2) is 5.78 Å². The van der Waals surface area contributed by atoms with E-state index in [1.165, 1.54) is 9.13 Å². The summed E-state index contributed by atoms with van der Waals surface area (Å²) < 4.78 is 1.19. The second-order valence-corrected chi connectivity index (χ2v) is 4.98. The van der Waals surface area contributed by atoms with Crippen LogP contribution in [0.15, 0.2) is 18.2 Å². The number of aryl methyl sites for hydroxylation is 1. The molecule has 0 amide bonds. The fourth-order valence-corrected chi connectivity index (χ4v) is 2.49. The second-order valence-electron chi connectivity index (χ2n) is 3.02. The third kappa shape index (κ3) is 3.05. The monoisotopic (exact) mass is 366 g/mol. The minimum atomic E-state index is 0.211. The van der Waals surface area contributed by atoms with Gasteiger partial charge < -0.3 is 0 Å². The van der Waals surface area contributed by atoms with Crippen LogP contribution in [0.4, 0.5) is 0 Å². The topological polar surface area (TPSA) is 17.1 Å². The number of ketones is 1. The highest BCUT2D eigenvalue weighted by molar-refractivity contribution is 14.1. The van der Waals surface area contributed by atoms with Gasteiger partial charge >= 0.3 is 0 Å². The number of alkyl halides is 1. The summed E-state index contributed by atoms with van der Waals surface area (Å²) in [5, 5.41) is 0.734. The van der Waals surface area contributed by atoms with E-state index in [1.807, 2.05) is 18.2 Å². The van der Waals surface area contributed by atoms with Gasteiger partial charge in [0.1, 0.15) is 0 Å². The zero-order valence-corrected chi connectivity index (χ0v) is 11.8. The molecule has 0 atom stereocenters. The molecule has 0 heterocycles. The van der Waals surface area contributed by atoms with Crippen molar-refractivity contribution < 1.29 is 4.79 Å². The average Bonchev–Trinajstić information content (AvgIpc) is 2.18. The van der Waals surface area contributed by atoms with Crippen LogP contribution in [-0.2, 0) is 6.42 Å². The first kappa shape index (κ1) is 12.2. The number of carbonyl (C=O) groups is 1. The summed E-state index contributed by atoms with van der Waals surface area (Å²) in [4.78, 5) is 11.6. The van der Waals surface area contributed by atoms with Crippen molar-refractivity contribution >= 4 is 44.3 Å². The molecule has 1 nitrogen and oxygen atoms in total. The highest BCUT2D eigenvalue weighted by Crippen LogP contribution is 2.16. The standard InChI is InChI=1S/C11H12BrIO/c1-2-8-3-4-9(7-10(8)13)11(14)5-6-12/h3-4,7H,2,5-6H2,1H3. The normalized spacial score (nSPS) is 10.2. The van der Waals surface area contributed by atoms with Gasteiger partial charge in [-0.15, -0.1) is 0 Å². The van der Waals surface area contributed by atoms with Gasteiger partial charge in [-0.2, -0.15) is 0 Å². The fourth-order valence-electron chi connectivity index (χ4n) is 1.24. The second kappa shape index (κ2) is 5.85. The van der Waals surface area contributed by atoms with Gasteiger partial charge in [0.2, 0.25) is 0 Å². The minimum absolute atomic E-state index is 0.211. The highest BCUT2D eigenvalue weighted by Gasteiger charge is 2.06. The maximum Gasteiger partial charge on any atom is 0.163 e. The summed E-state index contributed by atoms with van der Waals surface area (Å²) >= 11 is 5.56. The van der Waals surface area contributed by atoms with E-state index in [9.17, 15) is 4.79 Å². The molecule has 0 fully saturated rings. The molecule has 0 radical (unpaired) electrons. The molecule has 1 aromatic carbocycles. The van der Waals surface area contributed by atoms with E-state index >= 15 is 0 Å². The molecular weight excluding hydrogens is 355 g/mol.